The predicted molar refractivity (Wildman–Crippen MR) is 108 cm³/mol. The number of hydrogen-bond donors (Lipinski definition) is 1. The highest BCUT2D eigenvalue weighted by atomic mass is 32.2. The molecular weight excluding hydrogens is 401 g/mol. The molecule has 28 heavy (non-hydrogen) atoms. The second-order valence-electron chi connectivity index (χ2n) is 6.64. The summed E-state index contributed by atoms with van der Waals surface area (Å²) in [6, 6.07) is 3.39. The van der Waals surface area contributed by atoms with Crippen LogP contribution in [0.25, 0.3) is 0 Å². The predicted octanol–water partition coefficient (Wildman–Crippen LogP) is 3.83. The van der Waals surface area contributed by atoms with Gasteiger partial charge in [-0.2, -0.15) is 4.31 Å². The summed E-state index contributed by atoms with van der Waals surface area (Å²) in [5.41, 5.74) is 1.11. The number of hydrogen-bond acceptors (Lipinski definition) is 5. The zero-order valence-corrected chi connectivity index (χ0v) is 17.6. The molecule has 1 amide bonds. The number of rotatable bonds is 6. The summed E-state index contributed by atoms with van der Waals surface area (Å²) in [6.07, 6.45) is 5.27. The van der Waals surface area contributed by atoms with Gasteiger partial charge in [0.15, 0.2) is 5.13 Å². The van der Waals surface area contributed by atoms with E-state index in [1.165, 1.54) is 28.7 Å². The lowest BCUT2D eigenvalue weighted by molar-refractivity contribution is 0.102. The van der Waals surface area contributed by atoms with Crippen molar-refractivity contribution in [2.75, 3.05) is 18.4 Å². The Hall–Kier alpha value is -1.84. The number of carbonyl (C=O) groups is 1. The van der Waals surface area contributed by atoms with Crippen molar-refractivity contribution in [1.29, 1.82) is 0 Å². The second kappa shape index (κ2) is 8.67. The van der Waals surface area contributed by atoms with Gasteiger partial charge in [0.1, 0.15) is 10.7 Å². The van der Waals surface area contributed by atoms with Crippen LogP contribution in [0.2, 0.25) is 0 Å². The molecule has 0 fully saturated rings. The monoisotopic (exact) mass is 425 g/mol. The molecule has 1 aromatic heterocycles. The minimum atomic E-state index is -4.00. The van der Waals surface area contributed by atoms with Crippen LogP contribution < -0.4 is 5.32 Å². The third kappa shape index (κ3) is 4.26. The molecule has 0 aliphatic heterocycles. The molecule has 0 saturated carbocycles. The highest BCUT2D eigenvalue weighted by Crippen LogP contribution is 2.29. The van der Waals surface area contributed by atoms with Gasteiger partial charge in [-0.25, -0.2) is 17.8 Å². The largest absolute Gasteiger partial charge is 0.298 e. The van der Waals surface area contributed by atoms with Crippen LogP contribution in [0.15, 0.2) is 23.1 Å². The Labute approximate surface area is 168 Å². The van der Waals surface area contributed by atoms with E-state index in [1.807, 2.05) is 0 Å². The number of carbonyl (C=O) groups excluding carboxylic acids is 1. The van der Waals surface area contributed by atoms with Crippen molar-refractivity contribution >= 4 is 32.4 Å². The lowest BCUT2D eigenvalue weighted by atomic mass is 10.2. The van der Waals surface area contributed by atoms with Crippen LogP contribution in [0.3, 0.4) is 0 Å². The van der Waals surface area contributed by atoms with Gasteiger partial charge in [-0.3, -0.25) is 10.1 Å². The van der Waals surface area contributed by atoms with E-state index in [9.17, 15) is 17.6 Å². The molecule has 0 saturated heterocycles. The van der Waals surface area contributed by atoms with Crippen LogP contribution in [0.1, 0.15) is 54.0 Å². The number of thiazole rings is 1. The van der Waals surface area contributed by atoms with Crippen LogP contribution in [-0.4, -0.2) is 36.7 Å². The first kappa shape index (κ1) is 20.9. The standard InChI is InChI=1S/C19H24FN3O3S2/c1-3-23(4-2)28(25,26)17-12-13(10-11-14(17)20)18(24)22-19-21-15-8-6-5-7-9-16(15)27-19/h10-12H,3-9H2,1-2H3,(H,21,22,24). The van der Waals surface area contributed by atoms with Crippen molar-refractivity contribution in [1.82, 2.24) is 9.29 Å². The molecule has 0 bridgehead atoms. The van der Waals surface area contributed by atoms with E-state index in [2.05, 4.69) is 10.3 Å². The molecule has 0 radical (unpaired) electrons. The van der Waals surface area contributed by atoms with Crippen molar-refractivity contribution in [3.05, 3.63) is 40.2 Å². The van der Waals surface area contributed by atoms with Crippen LogP contribution in [0.5, 0.6) is 0 Å². The molecule has 152 valence electrons. The molecule has 6 nitrogen and oxygen atoms in total. The van der Waals surface area contributed by atoms with Gasteiger partial charge in [0.25, 0.3) is 5.91 Å². The zero-order valence-electron chi connectivity index (χ0n) is 16.0. The molecule has 1 aliphatic rings. The van der Waals surface area contributed by atoms with Crippen LogP contribution in [-0.2, 0) is 22.9 Å². The van der Waals surface area contributed by atoms with E-state index in [4.69, 9.17) is 0 Å². The Morgan fingerprint density at radius 2 is 1.93 bits per heavy atom. The number of nitrogens with one attached hydrogen (secondary N) is 1. The molecule has 1 aliphatic carbocycles. The molecule has 0 unspecified atom stereocenters. The Balaban J connectivity index is 1.85. The maximum absolute atomic E-state index is 14.2. The van der Waals surface area contributed by atoms with Crippen LogP contribution in [0, 0.1) is 5.82 Å². The smallest absolute Gasteiger partial charge is 0.257 e. The maximum atomic E-state index is 14.2. The average molecular weight is 426 g/mol. The van der Waals surface area contributed by atoms with Crippen molar-refractivity contribution in [3.8, 4) is 0 Å². The van der Waals surface area contributed by atoms with E-state index in [0.29, 0.717) is 5.13 Å². The van der Waals surface area contributed by atoms with Gasteiger partial charge in [0.2, 0.25) is 10.0 Å². The molecule has 3 rings (SSSR count). The second-order valence-corrected chi connectivity index (χ2v) is 9.63. The minimum absolute atomic E-state index is 0.0810. The Kier molecular flexibility index (Phi) is 6.47. The van der Waals surface area contributed by atoms with Gasteiger partial charge in [-0.1, -0.05) is 20.3 Å². The fourth-order valence-corrected chi connectivity index (χ4v) is 5.89. The number of halogens is 1. The zero-order chi connectivity index (χ0) is 20.3. The number of amides is 1. The summed E-state index contributed by atoms with van der Waals surface area (Å²) < 4.78 is 40.7. The highest BCUT2D eigenvalue weighted by molar-refractivity contribution is 7.89. The van der Waals surface area contributed by atoms with Crippen molar-refractivity contribution < 1.29 is 17.6 Å². The fraction of sp³-hybridized carbons (Fsp3) is 0.474. The Morgan fingerprint density at radius 3 is 2.64 bits per heavy atom. The molecule has 1 aromatic carbocycles. The van der Waals surface area contributed by atoms with E-state index in [-0.39, 0.29) is 18.7 Å². The molecule has 1 N–H and O–H groups in total. The van der Waals surface area contributed by atoms with Crippen molar-refractivity contribution in [2.45, 2.75) is 50.8 Å². The quantitative estimate of drug-likeness (QED) is 0.714. The van der Waals surface area contributed by atoms with E-state index < -0.39 is 26.6 Å². The summed E-state index contributed by atoms with van der Waals surface area (Å²) in [4.78, 5) is 17.8. The van der Waals surface area contributed by atoms with Gasteiger partial charge < -0.3 is 0 Å². The first-order chi connectivity index (χ1) is 13.4. The summed E-state index contributed by atoms with van der Waals surface area (Å²) in [5, 5.41) is 3.22. The van der Waals surface area contributed by atoms with Gasteiger partial charge >= 0.3 is 0 Å². The van der Waals surface area contributed by atoms with Gasteiger partial charge in [-0.15, -0.1) is 11.3 Å². The molecular formula is C19H24FN3O3S2. The minimum Gasteiger partial charge on any atom is -0.298 e. The van der Waals surface area contributed by atoms with Crippen molar-refractivity contribution in [2.24, 2.45) is 0 Å². The lowest BCUT2D eigenvalue weighted by Crippen LogP contribution is -2.31. The van der Waals surface area contributed by atoms with Gasteiger partial charge in [0, 0.05) is 23.5 Å². The molecule has 0 spiro atoms. The lowest BCUT2D eigenvalue weighted by Gasteiger charge is -2.19. The summed E-state index contributed by atoms with van der Waals surface area (Å²) in [7, 11) is -4.00. The number of sulfonamides is 1. The molecule has 0 atom stereocenters. The highest BCUT2D eigenvalue weighted by Gasteiger charge is 2.26. The SMILES string of the molecule is CCN(CC)S(=O)(=O)c1cc(C(=O)Nc2nc3c(s2)CCCCC3)ccc1F. The van der Waals surface area contributed by atoms with Gasteiger partial charge in [0.05, 0.1) is 5.69 Å². The number of nitrogens with zero attached hydrogens (tertiary/aromatic N) is 2. The fourth-order valence-electron chi connectivity index (χ4n) is 3.30. The number of anilines is 1. The number of fused-ring (bicyclic) bond motifs is 1. The van der Waals surface area contributed by atoms with Crippen LogP contribution >= 0.6 is 11.3 Å². The summed E-state index contributed by atoms with van der Waals surface area (Å²) >= 11 is 1.45. The first-order valence-electron chi connectivity index (χ1n) is 9.46. The van der Waals surface area contributed by atoms with E-state index >= 15 is 0 Å². The Morgan fingerprint density at radius 1 is 1.21 bits per heavy atom. The third-order valence-corrected chi connectivity index (χ3v) is 7.97. The molecule has 1 heterocycles. The van der Waals surface area contributed by atoms with Crippen LogP contribution in [0.4, 0.5) is 9.52 Å². The molecule has 2 aromatic rings. The summed E-state index contributed by atoms with van der Waals surface area (Å²) in [6.45, 7) is 3.81. The van der Waals surface area contributed by atoms with E-state index in [1.54, 1.807) is 13.8 Å². The Bertz CT molecular complexity index is 945. The number of aromatic nitrogens is 1. The topological polar surface area (TPSA) is 79.4 Å². The van der Waals surface area contributed by atoms with Gasteiger partial charge in [-0.05, 0) is 43.9 Å². The summed E-state index contributed by atoms with van der Waals surface area (Å²) in [5.74, 6) is -1.37. The van der Waals surface area contributed by atoms with E-state index in [0.717, 1.165) is 47.8 Å². The normalized spacial score (nSPS) is 14.6. The number of benzene rings is 1. The maximum Gasteiger partial charge on any atom is 0.257 e. The third-order valence-electron chi connectivity index (χ3n) is 4.83. The number of aryl methyl sites for hydroxylation is 2. The average Bonchev–Trinajstić information content (AvgIpc) is 2.90. The van der Waals surface area contributed by atoms with Crippen molar-refractivity contribution in [3.63, 3.8) is 0 Å². The first-order valence-corrected chi connectivity index (χ1v) is 11.7. The molecule has 9 heteroatoms.